The van der Waals surface area contributed by atoms with Crippen molar-refractivity contribution in [3.63, 3.8) is 0 Å². The molecule has 0 unspecified atom stereocenters. The number of rotatable bonds is 0. The minimum atomic E-state index is -0.680. The van der Waals surface area contributed by atoms with Gasteiger partial charge in [-0.2, -0.15) is 4.90 Å². The molecule has 0 atom stereocenters. The van der Waals surface area contributed by atoms with Crippen LogP contribution >= 0.6 is 23.2 Å². The second-order valence-electron chi connectivity index (χ2n) is 2.21. The van der Waals surface area contributed by atoms with Gasteiger partial charge < -0.3 is 15.5 Å². The lowest BCUT2D eigenvalue weighted by atomic mass is 10.1. The van der Waals surface area contributed by atoms with E-state index in [-0.39, 0.29) is 21.3 Å². The van der Waals surface area contributed by atoms with Crippen molar-refractivity contribution in [2.24, 2.45) is 0 Å². The topological polar surface area (TPSA) is 69.4 Å². The lowest BCUT2D eigenvalue weighted by Gasteiger charge is -2.13. The monoisotopic (exact) mass is 220 g/mol. The van der Waals surface area contributed by atoms with E-state index in [0.717, 1.165) is 0 Å². The maximum atomic E-state index is 10.5. The summed E-state index contributed by atoms with van der Waals surface area (Å²) in [6.07, 6.45) is 3.09. The summed E-state index contributed by atoms with van der Waals surface area (Å²) in [5.74, 6) is 0. The van der Waals surface area contributed by atoms with E-state index in [0.29, 0.717) is 6.26 Å². The summed E-state index contributed by atoms with van der Waals surface area (Å²) in [5.41, 5.74) is -0.365. The molecular formula is C7H4Cl2NO3-. The van der Waals surface area contributed by atoms with Gasteiger partial charge in [0, 0.05) is 5.03 Å². The molecule has 0 aromatic rings. The first-order valence-electron chi connectivity index (χ1n) is 3.17. The summed E-state index contributed by atoms with van der Waals surface area (Å²) >= 11 is 11.1. The number of hydrogen-bond donors (Lipinski definition) is 1. The van der Waals surface area contributed by atoms with Gasteiger partial charge in [-0.25, -0.2) is 0 Å². The molecule has 70 valence electrons. The number of allylic oxidation sites excluding steroid dienone is 5. The summed E-state index contributed by atoms with van der Waals surface area (Å²) in [6.45, 7) is 0. The van der Waals surface area contributed by atoms with Gasteiger partial charge in [-0.1, -0.05) is 23.2 Å². The molecule has 0 saturated heterocycles. The Hall–Kier alpha value is -1.13. The second-order valence-corrected chi connectivity index (χ2v) is 3.06. The van der Waals surface area contributed by atoms with Crippen molar-refractivity contribution in [3.05, 3.63) is 44.5 Å². The fraction of sp³-hybridized carbons (Fsp3) is 0. The van der Waals surface area contributed by atoms with Crippen molar-refractivity contribution in [1.29, 1.82) is 0 Å². The van der Waals surface area contributed by atoms with Gasteiger partial charge in [-0.05, 0) is 12.2 Å². The molecule has 13 heavy (non-hydrogen) atoms. The molecule has 0 aromatic carbocycles. The standard InChI is InChI=1S/C7H4Cl2NO3/c8-5-1-4(3-11)7(10(12)13)6(9)2-5/h1-3H,(H-,11,12,13)/q-1. The van der Waals surface area contributed by atoms with Gasteiger partial charge in [0.25, 0.3) is 5.71 Å². The van der Waals surface area contributed by atoms with Crippen LogP contribution in [0.1, 0.15) is 0 Å². The van der Waals surface area contributed by atoms with E-state index in [9.17, 15) is 10.4 Å². The van der Waals surface area contributed by atoms with Crippen LogP contribution in [0.5, 0.6) is 0 Å². The lowest BCUT2D eigenvalue weighted by molar-refractivity contribution is -0.377. The van der Waals surface area contributed by atoms with E-state index in [1.54, 1.807) is 0 Å². The number of halogens is 2. The van der Waals surface area contributed by atoms with Crippen LogP contribution in [0.2, 0.25) is 0 Å². The van der Waals surface area contributed by atoms with Crippen molar-refractivity contribution in [3.8, 4) is 0 Å². The third-order valence-corrected chi connectivity index (χ3v) is 1.89. The molecule has 0 aliphatic heterocycles. The van der Waals surface area contributed by atoms with Gasteiger partial charge in [0.05, 0.1) is 11.8 Å². The molecule has 1 aliphatic carbocycles. The second kappa shape index (κ2) is 3.72. The van der Waals surface area contributed by atoms with Gasteiger partial charge >= 0.3 is 0 Å². The largest absolute Gasteiger partial charge is 0.612 e. The van der Waals surface area contributed by atoms with Crippen molar-refractivity contribution < 1.29 is 10.0 Å². The van der Waals surface area contributed by atoms with Crippen LogP contribution < -0.4 is 0 Å². The highest BCUT2D eigenvalue weighted by atomic mass is 35.5. The van der Waals surface area contributed by atoms with Gasteiger partial charge in [0.15, 0.2) is 0 Å². The molecule has 0 spiro atoms. The highest BCUT2D eigenvalue weighted by Gasteiger charge is 2.21. The van der Waals surface area contributed by atoms with E-state index in [1.807, 2.05) is 0 Å². The summed E-state index contributed by atoms with van der Waals surface area (Å²) in [6, 6.07) is 0. The molecule has 0 bridgehead atoms. The maximum Gasteiger partial charge on any atom is 0.252 e. The lowest BCUT2D eigenvalue weighted by Crippen LogP contribution is -2.15. The van der Waals surface area contributed by atoms with Crippen molar-refractivity contribution in [2.45, 2.75) is 0 Å². The smallest absolute Gasteiger partial charge is 0.252 e. The van der Waals surface area contributed by atoms with E-state index in [1.165, 1.54) is 12.2 Å². The van der Waals surface area contributed by atoms with Crippen LogP contribution in [-0.4, -0.2) is 15.7 Å². The van der Waals surface area contributed by atoms with Gasteiger partial charge in [-0.3, -0.25) is 0 Å². The Bertz CT molecular complexity index is 351. The van der Waals surface area contributed by atoms with Crippen LogP contribution in [0.15, 0.2) is 34.1 Å². The number of hydrogen-bond acceptors (Lipinski definition) is 3. The van der Waals surface area contributed by atoms with Gasteiger partial charge in [0.2, 0.25) is 0 Å². The van der Waals surface area contributed by atoms with Gasteiger partial charge in [-0.15, -0.1) is 0 Å². The summed E-state index contributed by atoms with van der Waals surface area (Å²) < 4.78 is 0. The molecule has 0 aromatic heterocycles. The van der Waals surface area contributed by atoms with Crippen molar-refractivity contribution in [1.82, 2.24) is 0 Å². The summed E-state index contributed by atoms with van der Waals surface area (Å²) in [5, 5.41) is 29.7. The minimum absolute atomic E-state index is 0.0116. The maximum absolute atomic E-state index is 10.5. The third-order valence-electron chi connectivity index (χ3n) is 1.38. The summed E-state index contributed by atoms with van der Waals surface area (Å²) in [4.78, 5) is -0.680. The first kappa shape index (κ1) is 9.95. The zero-order valence-corrected chi connectivity index (χ0v) is 7.71. The van der Waals surface area contributed by atoms with E-state index in [4.69, 9.17) is 28.3 Å². The average molecular weight is 221 g/mol. The van der Waals surface area contributed by atoms with Gasteiger partial charge in [0.1, 0.15) is 5.03 Å². The molecule has 0 amide bonds. The highest BCUT2D eigenvalue weighted by molar-refractivity contribution is 6.48. The Kier molecular flexibility index (Phi) is 2.85. The molecule has 1 N–H and O–H groups in total. The normalized spacial score (nSPS) is 19.8. The SMILES string of the molecule is [O-][N+]([O-])=C1C(Cl)=CC(Cl)=CC1=CO. The average Bonchev–Trinajstić information content (AvgIpc) is 2.01. The number of nitrogens with zero attached hydrogens (tertiary/aromatic N) is 1. The van der Waals surface area contributed by atoms with E-state index >= 15 is 0 Å². The third kappa shape index (κ3) is 1.96. The zero-order valence-electron chi connectivity index (χ0n) is 6.20. The van der Waals surface area contributed by atoms with E-state index in [2.05, 4.69) is 0 Å². The number of aliphatic hydroxyl groups is 1. The van der Waals surface area contributed by atoms with Crippen molar-refractivity contribution >= 4 is 28.9 Å². The summed E-state index contributed by atoms with van der Waals surface area (Å²) in [7, 11) is 0. The molecule has 0 saturated carbocycles. The van der Waals surface area contributed by atoms with Crippen LogP contribution in [0, 0.1) is 10.4 Å². The first-order valence-corrected chi connectivity index (χ1v) is 3.92. The molecule has 0 fully saturated rings. The molecule has 1 aliphatic rings. The minimum Gasteiger partial charge on any atom is -0.612 e. The Morgan fingerprint density at radius 1 is 1.31 bits per heavy atom. The quantitative estimate of drug-likeness (QED) is 0.387. The highest BCUT2D eigenvalue weighted by Crippen LogP contribution is 2.24. The Morgan fingerprint density at radius 2 is 1.92 bits per heavy atom. The van der Waals surface area contributed by atoms with Crippen LogP contribution in [0.25, 0.3) is 0 Å². The van der Waals surface area contributed by atoms with Crippen LogP contribution in [0.4, 0.5) is 0 Å². The molecule has 1 rings (SSSR count). The number of aliphatic hydroxyl groups excluding tert-OH is 1. The van der Waals surface area contributed by atoms with Crippen LogP contribution in [0.3, 0.4) is 0 Å². The predicted octanol–water partition coefficient (Wildman–Crippen LogP) is 2.14. The Balaban J connectivity index is 3.29. The fourth-order valence-electron chi connectivity index (χ4n) is 0.877. The Morgan fingerprint density at radius 3 is 2.38 bits per heavy atom. The molecule has 0 radical (unpaired) electrons. The first-order chi connectivity index (χ1) is 6.06. The van der Waals surface area contributed by atoms with Crippen LogP contribution in [-0.2, 0) is 0 Å². The van der Waals surface area contributed by atoms with E-state index < -0.39 is 4.90 Å². The Labute approximate surface area is 83.9 Å². The molecule has 6 heteroatoms. The zero-order chi connectivity index (χ0) is 10.0. The molecular weight excluding hydrogens is 217 g/mol. The molecule has 0 heterocycles. The predicted molar refractivity (Wildman–Crippen MR) is 50.6 cm³/mol. The van der Waals surface area contributed by atoms with Crippen molar-refractivity contribution in [2.75, 3.05) is 0 Å². The fourth-order valence-corrected chi connectivity index (χ4v) is 1.46. The molecule has 4 nitrogen and oxygen atoms in total.